The van der Waals surface area contributed by atoms with Gasteiger partial charge in [0.25, 0.3) is 5.91 Å². The van der Waals surface area contributed by atoms with E-state index in [2.05, 4.69) is 5.32 Å². The minimum atomic E-state index is -0.625. The van der Waals surface area contributed by atoms with Crippen LogP contribution in [0, 0.1) is 24.1 Å². The molecule has 2 aromatic carbocycles. The Morgan fingerprint density at radius 1 is 1.26 bits per heavy atom. The number of carbonyl (C=O) groups is 1. The smallest absolute Gasteiger partial charge is 0.255 e. The molecular formula is C15H11FN2O. The summed E-state index contributed by atoms with van der Waals surface area (Å²) in [4.78, 5) is 11.9. The lowest BCUT2D eigenvalue weighted by molar-refractivity contribution is 0.102. The Kier molecular flexibility index (Phi) is 3.58. The van der Waals surface area contributed by atoms with Crippen LogP contribution in [0.4, 0.5) is 10.1 Å². The van der Waals surface area contributed by atoms with E-state index in [9.17, 15) is 9.18 Å². The number of hydrogen-bond acceptors (Lipinski definition) is 2. The molecule has 0 radical (unpaired) electrons. The highest BCUT2D eigenvalue weighted by Crippen LogP contribution is 2.16. The van der Waals surface area contributed by atoms with Gasteiger partial charge < -0.3 is 5.32 Å². The molecule has 0 aromatic heterocycles. The highest BCUT2D eigenvalue weighted by atomic mass is 19.1. The van der Waals surface area contributed by atoms with Crippen molar-refractivity contribution in [2.75, 3.05) is 5.32 Å². The van der Waals surface area contributed by atoms with Crippen molar-refractivity contribution < 1.29 is 9.18 Å². The summed E-state index contributed by atoms with van der Waals surface area (Å²) in [5.41, 5.74) is 1.69. The van der Waals surface area contributed by atoms with Crippen molar-refractivity contribution in [1.82, 2.24) is 0 Å². The second-order valence-corrected chi connectivity index (χ2v) is 4.13. The van der Waals surface area contributed by atoms with E-state index in [1.54, 1.807) is 18.2 Å². The van der Waals surface area contributed by atoms with Gasteiger partial charge in [-0.25, -0.2) is 4.39 Å². The van der Waals surface area contributed by atoms with Crippen molar-refractivity contribution in [2.24, 2.45) is 0 Å². The predicted molar refractivity (Wildman–Crippen MR) is 70.2 cm³/mol. The predicted octanol–water partition coefficient (Wildman–Crippen LogP) is 3.26. The van der Waals surface area contributed by atoms with Crippen LogP contribution in [-0.4, -0.2) is 5.91 Å². The van der Waals surface area contributed by atoms with Gasteiger partial charge in [-0.1, -0.05) is 17.7 Å². The first kappa shape index (κ1) is 12.8. The maximum atomic E-state index is 13.6. The zero-order valence-corrected chi connectivity index (χ0v) is 10.3. The summed E-state index contributed by atoms with van der Waals surface area (Å²) in [6.45, 7) is 1.87. The number of aryl methyl sites for hydroxylation is 1. The highest BCUT2D eigenvalue weighted by Gasteiger charge is 2.09. The van der Waals surface area contributed by atoms with Gasteiger partial charge in [-0.05, 0) is 37.3 Å². The quantitative estimate of drug-likeness (QED) is 0.894. The first-order chi connectivity index (χ1) is 9.10. The first-order valence-electron chi connectivity index (χ1n) is 5.68. The van der Waals surface area contributed by atoms with Crippen LogP contribution in [0.3, 0.4) is 0 Å². The summed E-state index contributed by atoms with van der Waals surface area (Å²) in [7, 11) is 0. The molecule has 4 heteroatoms. The van der Waals surface area contributed by atoms with Crippen molar-refractivity contribution >= 4 is 11.6 Å². The summed E-state index contributed by atoms with van der Waals surface area (Å²) in [5, 5.41) is 11.1. The van der Waals surface area contributed by atoms with Crippen LogP contribution in [0.1, 0.15) is 21.5 Å². The Hall–Kier alpha value is -2.67. The summed E-state index contributed by atoms with van der Waals surface area (Å²) >= 11 is 0. The van der Waals surface area contributed by atoms with E-state index in [0.29, 0.717) is 5.56 Å². The van der Waals surface area contributed by atoms with Gasteiger partial charge in [-0.3, -0.25) is 4.79 Å². The van der Waals surface area contributed by atoms with Crippen LogP contribution in [0.25, 0.3) is 0 Å². The number of nitrogens with zero attached hydrogens (tertiary/aromatic N) is 1. The summed E-state index contributed by atoms with van der Waals surface area (Å²) < 4.78 is 13.6. The number of nitriles is 1. The molecule has 19 heavy (non-hydrogen) atoms. The number of hydrogen-bond donors (Lipinski definition) is 1. The fourth-order valence-electron chi connectivity index (χ4n) is 1.67. The summed E-state index contributed by atoms with van der Waals surface area (Å²) in [6.07, 6.45) is 0. The molecule has 0 saturated heterocycles. The molecule has 0 atom stereocenters. The number of nitrogens with one attached hydrogen (secondary N) is 1. The Morgan fingerprint density at radius 2 is 2.05 bits per heavy atom. The average Bonchev–Trinajstić information content (AvgIpc) is 2.41. The number of amides is 1. The van der Waals surface area contributed by atoms with Gasteiger partial charge >= 0.3 is 0 Å². The van der Waals surface area contributed by atoms with Gasteiger partial charge in [0.1, 0.15) is 5.82 Å². The lowest BCUT2D eigenvalue weighted by Gasteiger charge is -2.07. The second kappa shape index (κ2) is 5.32. The number of rotatable bonds is 2. The molecule has 0 saturated carbocycles. The minimum absolute atomic E-state index is 0.0607. The molecule has 94 valence electrons. The van der Waals surface area contributed by atoms with E-state index in [1.807, 2.05) is 19.1 Å². The fraction of sp³-hybridized carbons (Fsp3) is 0.0667. The molecule has 0 bridgehead atoms. The maximum Gasteiger partial charge on any atom is 0.255 e. The van der Waals surface area contributed by atoms with Gasteiger partial charge in [0.05, 0.1) is 17.3 Å². The summed E-state index contributed by atoms with van der Waals surface area (Å²) in [5.74, 6) is -1.01. The van der Waals surface area contributed by atoms with Crippen molar-refractivity contribution in [3.05, 3.63) is 65.0 Å². The van der Waals surface area contributed by atoms with Crippen LogP contribution >= 0.6 is 0 Å². The normalized spacial score (nSPS) is 9.74. The molecule has 1 N–H and O–H groups in total. The van der Waals surface area contributed by atoms with Crippen molar-refractivity contribution in [1.29, 1.82) is 5.26 Å². The zero-order valence-electron chi connectivity index (χ0n) is 10.3. The standard InChI is InChI=1S/C15H11FN2O/c1-10-3-2-4-12(7-10)15(19)18-14-6-5-11(9-17)8-13(14)16/h2-8H,1H3,(H,18,19). The van der Waals surface area contributed by atoms with E-state index in [-0.39, 0.29) is 17.2 Å². The van der Waals surface area contributed by atoms with E-state index in [1.165, 1.54) is 12.1 Å². The third-order valence-corrected chi connectivity index (χ3v) is 2.63. The largest absolute Gasteiger partial charge is 0.319 e. The van der Waals surface area contributed by atoms with Crippen molar-refractivity contribution in [3.8, 4) is 6.07 Å². The van der Waals surface area contributed by atoms with Crippen LogP contribution in [0.5, 0.6) is 0 Å². The molecule has 2 aromatic rings. The Morgan fingerprint density at radius 3 is 2.68 bits per heavy atom. The fourth-order valence-corrected chi connectivity index (χ4v) is 1.67. The second-order valence-electron chi connectivity index (χ2n) is 4.13. The van der Waals surface area contributed by atoms with E-state index >= 15 is 0 Å². The molecule has 0 unspecified atom stereocenters. The molecule has 0 aliphatic rings. The highest BCUT2D eigenvalue weighted by molar-refractivity contribution is 6.04. The molecular weight excluding hydrogens is 243 g/mol. The lowest BCUT2D eigenvalue weighted by Crippen LogP contribution is -2.13. The van der Waals surface area contributed by atoms with E-state index in [0.717, 1.165) is 11.6 Å². The third-order valence-electron chi connectivity index (χ3n) is 2.63. The van der Waals surface area contributed by atoms with Crippen LogP contribution in [-0.2, 0) is 0 Å². The Labute approximate surface area is 110 Å². The monoisotopic (exact) mass is 254 g/mol. The van der Waals surface area contributed by atoms with Crippen LogP contribution < -0.4 is 5.32 Å². The number of carbonyl (C=O) groups excluding carboxylic acids is 1. The van der Waals surface area contributed by atoms with Gasteiger partial charge in [0, 0.05) is 5.56 Å². The van der Waals surface area contributed by atoms with E-state index < -0.39 is 5.82 Å². The van der Waals surface area contributed by atoms with E-state index in [4.69, 9.17) is 5.26 Å². The number of benzene rings is 2. The topological polar surface area (TPSA) is 52.9 Å². The first-order valence-corrected chi connectivity index (χ1v) is 5.68. The van der Waals surface area contributed by atoms with Gasteiger partial charge in [-0.2, -0.15) is 5.26 Å². The Balaban J connectivity index is 2.22. The molecule has 3 nitrogen and oxygen atoms in total. The molecule has 0 aliphatic heterocycles. The Bertz CT molecular complexity index is 674. The van der Waals surface area contributed by atoms with Crippen LogP contribution in [0.15, 0.2) is 42.5 Å². The van der Waals surface area contributed by atoms with Gasteiger partial charge in [-0.15, -0.1) is 0 Å². The zero-order chi connectivity index (χ0) is 13.8. The molecule has 0 spiro atoms. The molecule has 0 heterocycles. The van der Waals surface area contributed by atoms with Gasteiger partial charge in [0.15, 0.2) is 0 Å². The number of halogens is 1. The number of anilines is 1. The molecule has 0 fully saturated rings. The third kappa shape index (κ3) is 2.96. The van der Waals surface area contributed by atoms with Crippen molar-refractivity contribution in [2.45, 2.75) is 6.92 Å². The average molecular weight is 254 g/mol. The van der Waals surface area contributed by atoms with Gasteiger partial charge in [0.2, 0.25) is 0 Å². The maximum absolute atomic E-state index is 13.6. The lowest BCUT2D eigenvalue weighted by atomic mass is 10.1. The van der Waals surface area contributed by atoms with Crippen molar-refractivity contribution in [3.63, 3.8) is 0 Å². The summed E-state index contributed by atoms with van der Waals surface area (Å²) in [6, 6.07) is 12.8. The molecule has 2 rings (SSSR count). The minimum Gasteiger partial charge on any atom is -0.319 e. The SMILES string of the molecule is Cc1cccc(C(=O)Nc2ccc(C#N)cc2F)c1. The molecule has 0 aliphatic carbocycles. The van der Waals surface area contributed by atoms with Crippen LogP contribution in [0.2, 0.25) is 0 Å². The molecule has 1 amide bonds.